The number of benzene rings is 6. The fourth-order valence-electron chi connectivity index (χ4n) is 6.28. The first-order chi connectivity index (χ1) is 18.3. The third-order valence-corrected chi connectivity index (χ3v) is 7.92. The monoisotopic (exact) mass is 470 g/mol. The maximum atomic E-state index is 4.61. The van der Waals surface area contributed by atoms with Crippen LogP contribution in [0.1, 0.15) is 33.4 Å². The molecular weight excluding hydrogens is 444 g/mol. The van der Waals surface area contributed by atoms with Gasteiger partial charge in [0.15, 0.2) is 0 Å². The lowest BCUT2D eigenvalue weighted by Crippen LogP contribution is -2.28. The van der Waals surface area contributed by atoms with Crippen LogP contribution in [-0.2, 0) is 5.41 Å². The molecule has 0 heterocycles. The molecule has 174 valence electrons. The summed E-state index contributed by atoms with van der Waals surface area (Å²) in [5, 5.41) is 2.47. The lowest BCUT2D eigenvalue weighted by molar-refractivity contribution is 0.768. The standard InChI is InChI=1S/C37H26/c1-26(31-21-12-14-27-13-8-9-19-32(27)31)28-23-24-34-33-20-10-11-22-35(33)37(36(34)25-28,29-15-4-2-5-16-29)30-17-6-3-7-18-30/h2-25H,1H2. The molecule has 0 nitrogen and oxygen atoms in total. The van der Waals surface area contributed by atoms with E-state index in [2.05, 4.69) is 152 Å². The number of hydrogen-bond acceptors (Lipinski definition) is 0. The molecule has 0 unspecified atom stereocenters. The lowest BCUT2D eigenvalue weighted by Gasteiger charge is -2.34. The molecule has 0 spiro atoms. The molecule has 0 N–H and O–H groups in total. The van der Waals surface area contributed by atoms with Crippen LogP contribution in [0.5, 0.6) is 0 Å². The van der Waals surface area contributed by atoms with Crippen LogP contribution in [0, 0.1) is 0 Å². The molecule has 0 radical (unpaired) electrons. The molecule has 0 atom stereocenters. The molecule has 0 heteroatoms. The van der Waals surface area contributed by atoms with Crippen molar-refractivity contribution in [1.82, 2.24) is 0 Å². The van der Waals surface area contributed by atoms with Gasteiger partial charge in [-0.1, -0.05) is 146 Å². The van der Waals surface area contributed by atoms with Gasteiger partial charge in [0.05, 0.1) is 5.41 Å². The van der Waals surface area contributed by atoms with E-state index in [1.807, 2.05) is 0 Å². The summed E-state index contributed by atoms with van der Waals surface area (Å²) >= 11 is 0. The molecule has 37 heavy (non-hydrogen) atoms. The zero-order valence-corrected chi connectivity index (χ0v) is 20.6. The van der Waals surface area contributed by atoms with E-state index in [4.69, 9.17) is 0 Å². The summed E-state index contributed by atoms with van der Waals surface area (Å²) in [6.07, 6.45) is 0. The first-order valence-electron chi connectivity index (χ1n) is 12.8. The van der Waals surface area contributed by atoms with Crippen molar-refractivity contribution in [2.24, 2.45) is 0 Å². The van der Waals surface area contributed by atoms with E-state index < -0.39 is 5.41 Å². The minimum absolute atomic E-state index is 0.399. The van der Waals surface area contributed by atoms with Gasteiger partial charge >= 0.3 is 0 Å². The molecule has 0 bridgehead atoms. The third kappa shape index (κ3) is 3.16. The van der Waals surface area contributed by atoms with Gasteiger partial charge in [0.25, 0.3) is 0 Å². The molecule has 0 saturated heterocycles. The summed E-state index contributed by atoms with van der Waals surface area (Å²) < 4.78 is 0. The van der Waals surface area contributed by atoms with Gasteiger partial charge in [-0.25, -0.2) is 0 Å². The predicted molar refractivity (Wildman–Crippen MR) is 156 cm³/mol. The van der Waals surface area contributed by atoms with Gasteiger partial charge in [-0.05, 0) is 66.9 Å². The second kappa shape index (κ2) is 8.47. The Labute approximate surface area is 218 Å². The van der Waals surface area contributed by atoms with Crippen molar-refractivity contribution in [2.75, 3.05) is 0 Å². The maximum Gasteiger partial charge on any atom is 0.0713 e. The van der Waals surface area contributed by atoms with Crippen LogP contribution in [0.25, 0.3) is 27.5 Å². The zero-order valence-electron chi connectivity index (χ0n) is 20.6. The molecular formula is C37H26. The second-order valence-corrected chi connectivity index (χ2v) is 9.79. The van der Waals surface area contributed by atoms with Crippen LogP contribution in [-0.4, -0.2) is 0 Å². The molecule has 0 aromatic heterocycles. The van der Waals surface area contributed by atoms with Crippen molar-refractivity contribution in [3.8, 4) is 11.1 Å². The van der Waals surface area contributed by atoms with Crippen LogP contribution in [0.4, 0.5) is 0 Å². The van der Waals surface area contributed by atoms with Gasteiger partial charge in [-0.15, -0.1) is 0 Å². The van der Waals surface area contributed by atoms with E-state index >= 15 is 0 Å². The van der Waals surface area contributed by atoms with Crippen molar-refractivity contribution in [1.29, 1.82) is 0 Å². The Morgan fingerprint density at radius 1 is 0.486 bits per heavy atom. The Morgan fingerprint density at radius 3 is 1.84 bits per heavy atom. The normalized spacial score (nSPS) is 13.2. The number of hydrogen-bond donors (Lipinski definition) is 0. The summed E-state index contributed by atoms with van der Waals surface area (Å²) in [6, 6.07) is 52.7. The van der Waals surface area contributed by atoms with Gasteiger partial charge in [-0.3, -0.25) is 0 Å². The third-order valence-electron chi connectivity index (χ3n) is 7.92. The average molecular weight is 471 g/mol. The summed E-state index contributed by atoms with van der Waals surface area (Å²) in [4.78, 5) is 0. The minimum atomic E-state index is -0.399. The van der Waals surface area contributed by atoms with Gasteiger partial charge in [0.2, 0.25) is 0 Å². The van der Waals surface area contributed by atoms with Crippen LogP contribution in [0.2, 0.25) is 0 Å². The fraction of sp³-hybridized carbons (Fsp3) is 0.0270. The smallest absolute Gasteiger partial charge is 0.0713 e. The van der Waals surface area contributed by atoms with Crippen LogP contribution in [0.15, 0.2) is 152 Å². The molecule has 1 aliphatic rings. The summed E-state index contributed by atoms with van der Waals surface area (Å²) in [5.41, 5.74) is 10.8. The molecule has 0 fully saturated rings. The minimum Gasteiger partial charge on any atom is -0.0905 e. The quantitative estimate of drug-likeness (QED) is 0.240. The van der Waals surface area contributed by atoms with Crippen molar-refractivity contribution < 1.29 is 0 Å². The Morgan fingerprint density at radius 2 is 1.08 bits per heavy atom. The first kappa shape index (κ1) is 21.6. The highest BCUT2D eigenvalue weighted by atomic mass is 14.5. The van der Waals surface area contributed by atoms with Gasteiger partial charge in [-0.2, -0.15) is 0 Å². The molecule has 0 aliphatic heterocycles. The van der Waals surface area contributed by atoms with Gasteiger partial charge in [0, 0.05) is 0 Å². The van der Waals surface area contributed by atoms with Crippen molar-refractivity contribution in [3.63, 3.8) is 0 Å². The van der Waals surface area contributed by atoms with Crippen LogP contribution >= 0.6 is 0 Å². The average Bonchev–Trinajstić information content (AvgIpc) is 3.28. The lowest BCUT2D eigenvalue weighted by atomic mass is 9.67. The highest BCUT2D eigenvalue weighted by Crippen LogP contribution is 2.56. The van der Waals surface area contributed by atoms with E-state index in [9.17, 15) is 0 Å². The second-order valence-electron chi connectivity index (χ2n) is 9.79. The largest absolute Gasteiger partial charge is 0.0905 e. The fourth-order valence-corrected chi connectivity index (χ4v) is 6.28. The molecule has 6 aromatic rings. The Hall–Kier alpha value is -4.68. The van der Waals surface area contributed by atoms with Crippen molar-refractivity contribution in [3.05, 3.63) is 186 Å². The predicted octanol–water partition coefficient (Wildman–Crippen LogP) is 9.26. The van der Waals surface area contributed by atoms with E-state index in [1.165, 1.54) is 49.7 Å². The van der Waals surface area contributed by atoms with Crippen LogP contribution in [0.3, 0.4) is 0 Å². The van der Waals surface area contributed by atoms with E-state index in [-0.39, 0.29) is 0 Å². The summed E-state index contributed by atoms with van der Waals surface area (Å²) in [5.74, 6) is 0. The van der Waals surface area contributed by atoms with Crippen molar-refractivity contribution >= 4 is 16.3 Å². The van der Waals surface area contributed by atoms with E-state index in [0.717, 1.165) is 11.1 Å². The van der Waals surface area contributed by atoms with E-state index in [1.54, 1.807) is 0 Å². The number of rotatable bonds is 4. The van der Waals surface area contributed by atoms with Crippen molar-refractivity contribution in [2.45, 2.75) is 5.41 Å². The maximum absolute atomic E-state index is 4.61. The molecule has 0 amide bonds. The molecule has 7 rings (SSSR count). The Bertz CT molecular complexity index is 1730. The number of fused-ring (bicyclic) bond motifs is 4. The first-order valence-corrected chi connectivity index (χ1v) is 12.8. The Kier molecular flexibility index (Phi) is 4.94. The molecule has 0 saturated carbocycles. The summed E-state index contributed by atoms with van der Waals surface area (Å²) in [7, 11) is 0. The van der Waals surface area contributed by atoms with Gasteiger partial charge < -0.3 is 0 Å². The van der Waals surface area contributed by atoms with Crippen LogP contribution < -0.4 is 0 Å². The topological polar surface area (TPSA) is 0 Å². The molecule has 1 aliphatic carbocycles. The zero-order chi connectivity index (χ0) is 24.8. The van der Waals surface area contributed by atoms with Gasteiger partial charge in [0.1, 0.15) is 0 Å². The van der Waals surface area contributed by atoms with E-state index in [0.29, 0.717) is 0 Å². The highest BCUT2D eigenvalue weighted by molar-refractivity contribution is 5.98. The molecule has 6 aromatic carbocycles. The summed E-state index contributed by atoms with van der Waals surface area (Å²) in [6.45, 7) is 4.61. The Balaban J connectivity index is 1.52. The SMILES string of the molecule is C=C(c1ccc2c(c1)C(c1ccccc1)(c1ccccc1)c1ccccc1-2)c1cccc2ccccc12. The highest BCUT2D eigenvalue weighted by Gasteiger charge is 2.46.